The topological polar surface area (TPSA) is 77.8 Å². The molecular weight excluding hydrogens is 264 g/mol. The van der Waals surface area contributed by atoms with Gasteiger partial charge in [-0.15, -0.1) is 0 Å². The van der Waals surface area contributed by atoms with Gasteiger partial charge in [0.1, 0.15) is 0 Å². The van der Waals surface area contributed by atoms with Gasteiger partial charge in [0.25, 0.3) is 0 Å². The number of rotatable bonds is 0. The summed E-state index contributed by atoms with van der Waals surface area (Å²) in [5.74, 6) is 0. The van der Waals surface area contributed by atoms with Crippen LogP contribution in [-0.2, 0) is 4.57 Å². The molecule has 1 radical (unpaired) electrons. The van der Waals surface area contributed by atoms with E-state index < -0.39 is 7.82 Å². The number of hydrogen-bond acceptors (Lipinski definition) is 1. The van der Waals surface area contributed by atoms with Crippen LogP contribution in [0.1, 0.15) is 0 Å². The molecule has 0 aliphatic heterocycles. The van der Waals surface area contributed by atoms with Gasteiger partial charge in [0.05, 0.1) is 0 Å². The minimum absolute atomic E-state index is 0. The Bertz CT molecular complexity index is 53.7. The predicted molar refractivity (Wildman–Crippen MR) is 14.3 cm³/mol. The zero-order valence-electron chi connectivity index (χ0n) is 2.47. The molecule has 0 bridgehead atoms. The molecule has 0 rings (SSSR count). The maximum absolute atomic E-state index is 8.88. The average molecular weight is 267 g/mol. The number of hydrogen-bond donors (Lipinski definition) is 3. The molecule has 0 amide bonds. The van der Waals surface area contributed by atoms with Crippen LogP contribution >= 0.6 is 7.82 Å². The average Bonchev–Trinajstić information content (AvgIpc) is 0.722. The molecule has 6 heteroatoms. The Hall–Kier alpha value is 1.34. The molecular formula is H3O4PTm. The van der Waals surface area contributed by atoms with E-state index in [1.807, 2.05) is 0 Å². The van der Waals surface area contributed by atoms with E-state index >= 15 is 0 Å². The summed E-state index contributed by atoms with van der Waals surface area (Å²) in [4.78, 5) is 21.6. The van der Waals surface area contributed by atoms with Gasteiger partial charge < -0.3 is 14.7 Å². The van der Waals surface area contributed by atoms with Gasteiger partial charge in [-0.2, -0.15) is 0 Å². The van der Waals surface area contributed by atoms with Crippen LogP contribution in [0.25, 0.3) is 0 Å². The molecule has 0 fully saturated rings. The maximum Gasteiger partial charge on any atom is 0.466 e. The van der Waals surface area contributed by atoms with E-state index in [9.17, 15) is 0 Å². The molecule has 0 aliphatic carbocycles. The van der Waals surface area contributed by atoms with Crippen molar-refractivity contribution in [3.63, 3.8) is 0 Å². The van der Waals surface area contributed by atoms with Gasteiger partial charge in [-0.25, -0.2) is 4.57 Å². The van der Waals surface area contributed by atoms with E-state index in [1.165, 1.54) is 0 Å². The van der Waals surface area contributed by atoms with Gasteiger partial charge in [0, 0.05) is 36.9 Å². The fourth-order valence-corrected chi connectivity index (χ4v) is 0. The summed E-state index contributed by atoms with van der Waals surface area (Å²) >= 11 is 0. The molecule has 0 aromatic heterocycles. The monoisotopic (exact) mass is 267 g/mol. The molecule has 0 aromatic rings. The van der Waals surface area contributed by atoms with Crippen LogP contribution in [0.4, 0.5) is 0 Å². The van der Waals surface area contributed by atoms with Crippen LogP contribution in [0.15, 0.2) is 0 Å². The van der Waals surface area contributed by atoms with E-state index in [0.717, 1.165) is 0 Å². The molecule has 0 aliphatic rings. The largest absolute Gasteiger partial charge is 0.466 e. The molecule has 45 valence electrons. The zero-order chi connectivity index (χ0) is 4.50. The van der Waals surface area contributed by atoms with Crippen molar-refractivity contribution in [3.8, 4) is 0 Å². The standard InChI is InChI=1S/H3O4P.Tm/c1-5(2,3)4;/h(H3,1,2,3,4);. The Morgan fingerprint density at radius 1 is 1.17 bits per heavy atom. The third-order valence-electron chi connectivity index (χ3n) is 0. The second-order valence-corrected chi connectivity index (χ2v) is 1.54. The molecule has 3 N–H and O–H groups in total. The van der Waals surface area contributed by atoms with Crippen LogP contribution in [0.2, 0.25) is 0 Å². The normalized spacial score (nSPS) is 9.83. The van der Waals surface area contributed by atoms with Gasteiger partial charge >= 0.3 is 7.82 Å². The quantitative estimate of drug-likeness (QED) is 0.495. The first-order valence-corrected chi connectivity index (χ1v) is 2.35. The van der Waals surface area contributed by atoms with Crippen LogP contribution in [0.3, 0.4) is 0 Å². The fourth-order valence-electron chi connectivity index (χ4n) is 0. The van der Waals surface area contributed by atoms with Gasteiger partial charge in [-0.3, -0.25) is 0 Å². The summed E-state index contributed by atoms with van der Waals surface area (Å²) in [6.07, 6.45) is 0. The summed E-state index contributed by atoms with van der Waals surface area (Å²) in [7, 11) is -4.64. The first-order valence-electron chi connectivity index (χ1n) is 0.783. The summed E-state index contributed by atoms with van der Waals surface area (Å²) in [5, 5.41) is 0. The van der Waals surface area contributed by atoms with Crippen molar-refractivity contribution >= 4 is 7.82 Å². The Kier molecular flexibility index (Phi) is 5.79. The van der Waals surface area contributed by atoms with Crippen molar-refractivity contribution in [2.75, 3.05) is 0 Å². The Labute approximate surface area is 63.6 Å². The SMILES string of the molecule is O=P(O)(O)O.[Tm]. The zero-order valence-corrected chi connectivity index (χ0v) is 5.15. The molecule has 4 nitrogen and oxygen atoms in total. The van der Waals surface area contributed by atoms with Crippen molar-refractivity contribution in [2.45, 2.75) is 0 Å². The summed E-state index contributed by atoms with van der Waals surface area (Å²) in [5.41, 5.74) is 0. The van der Waals surface area contributed by atoms with Crippen molar-refractivity contribution in [1.29, 1.82) is 0 Å². The molecule has 0 saturated carbocycles. The first kappa shape index (κ1) is 10.3. The minimum Gasteiger partial charge on any atom is -0.303 e. The van der Waals surface area contributed by atoms with Crippen molar-refractivity contribution < 1.29 is 56.1 Å². The van der Waals surface area contributed by atoms with Crippen LogP contribution < -0.4 is 0 Å². The fraction of sp³-hybridized carbons (Fsp3) is 0. The molecule has 0 heterocycles. The summed E-state index contributed by atoms with van der Waals surface area (Å²) in [6.45, 7) is 0. The van der Waals surface area contributed by atoms with E-state index in [2.05, 4.69) is 0 Å². The van der Waals surface area contributed by atoms with Gasteiger partial charge in [0.2, 0.25) is 0 Å². The van der Waals surface area contributed by atoms with Crippen molar-refractivity contribution in [1.82, 2.24) is 0 Å². The first-order chi connectivity index (χ1) is 2.00. The smallest absolute Gasteiger partial charge is 0.303 e. The summed E-state index contributed by atoms with van der Waals surface area (Å²) in [6, 6.07) is 0. The minimum atomic E-state index is -4.64. The van der Waals surface area contributed by atoms with Gasteiger partial charge in [0.15, 0.2) is 0 Å². The third-order valence-corrected chi connectivity index (χ3v) is 0. The van der Waals surface area contributed by atoms with Crippen molar-refractivity contribution in [2.24, 2.45) is 0 Å². The van der Waals surface area contributed by atoms with Crippen LogP contribution in [0, 0.1) is 36.9 Å². The molecule has 0 saturated heterocycles. The second kappa shape index (κ2) is 3.36. The van der Waals surface area contributed by atoms with E-state index in [1.54, 1.807) is 0 Å². The number of phosphoric acid groups is 1. The van der Waals surface area contributed by atoms with Crippen LogP contribution in [-0.4, -0.2) is 14.7 Å². The third kappa shape index (κ3) is 55.8. The van der Waals surface area contributed by atoms with E-state index in [-0.39, 0.29) is 36.9 Å². The van der Waals surface area contributed by atoms with E-state index in [4.69, 9.17) is 19.2 Å². The Balaban J connectivity index is 0. The van der Waals surface area contributed by atoms with Gasteiger partial charge in [-0.05, 0) is 0 Å². The molecule has 0 aromatic carbocycles. The Morgan fingerprint density at radius 3 is 1.17 bits per heavy atom. The predicted octanol–water partition coefficient (Wildman–Crippen LogP) is -0.929. The van der Waals surface area contributed by atoms with Crippen molar-refractivity contribution in [3.05, 3.63) is 0 Å². The molecule has 0 atom stereocenters. The second-order valence-electron chi connectivity index (χ2n) is 0.513. The van der Waals surface area contributed by atoms with E-state index in [0.29, 0.717) is 0 Å². The van der Waals surface area contributed by atoms with Crippen LogP contribution in [0.5, 0.6) is 0 Å². The molecule has 6 heavy (non-hydrogen) atoms. The summed E-state index contributed by atoms with van der Waals surface area (Å²) < 4.78 is 8.88. The Morgan fingerprint density at radius 2 is 1.17 bits per heavy atom. The maximum atomic E-state index is 8.88. The van der Waals surface area contributed by atoms with Gasteiger partial charge in [-0.1, -0.05) is 0 Å². The molecule has 0 spiro atoms. The molecule has 0 unspecified atom stereocenters.